The molecule has 0 bridgehead atoms. The van der Waals surface area contributed by atoms with Crippen LogP contribution in [0.25, 0.3) is 0 Å². The van der Waals surface area contributed by atoms with Crippen LogP contribution in [0.3, 0.4) is 0 Å². The molecular weight excluding hydrogens is 249 g/mol. The number of rotatable bonds is 4. The van der Waals surface area contributed by atoms with Crippen molar-refractivity contribution >= 4 is 0 Å². The van der Waals surface area contributed by atoms with E-state index in [0.29, 0.717) is 18.0 Å². The molecule has 110 valence electrons. The summed E-state index contributed by atoms with van der Waals surface area (Å²) in [5.41, 5.74) is 1.30. The Morgan fingerprint density at radius 1 is 1.05 bits per heavy atom. The molecule has 1 atom stereocenters. The van der Waals surface area contributed by atoms with Gasteiger partial charge < -0.3 is 5.32 Å². The van der Waals surface area contributed by atoms with Crippen molar-refractivity contribution in [1.29, 1.82) is 0 Å². The molecule has 20 heavy (non-hydrogen) atoms. The molecule has 0 amide bonds. The number of nitrogens with one attached hydrogen (secondary N) is 1. The average Bonchev–Trinajstić information content (AvgIpc) is 2.44. The Kier molecular flexibility index (Phi) is 4.40. The van der Waals surface area contributed by atoms with Crippen molar-refractivity contribution in [2.75, 3.05) is 0 Å². The van der Waals surface area contributed by atoms with Crippen LogP contribution in [0.2, 0.25) is 0 Å². The Hall–Kier alpha value is -0.890. The van der Waals surface area contributed by atoms with Gasteiger partial charge in [0.25, 0.3) is 0 Å². The van der Waals surface area contributed by atoms with Crippen molar-refractivity contribution in [2.45, 2.75) is 69.9 Å². The second kappa shape index (κ2) is 6.26. The van der Waals surface area contributed by atoms with Crippen LogP contribution in [0.4, 0.5) is 4.39 Å². The third-order valence-corrected chi connectivity index (χ3v) is 5.34. The highest BCUT2D eigenvalue weighted by atomic mass is 19.1. The molecule has 0 aromatic heterocycles. The van der Waals surface area contributed by atoms with E-state index in [0.717, 1.165) is 5.92 Å². The largest absolute Gasteiger partial charge is 0.311 e. The summed E-state index contributed by atoms with van der Waals surface area (Å²) >= 11 is 0. The van der Waals surface area contributed by atoms with Gasteiger partial charge in [-0.3, -0.25) is 0 Å². The fourth-order valence-electron chi connectivity index (χ4n) is 3.90. The second-order valence-corrected chi connectivity index (χ2v) is 6.77. The standard InChI is InChI=1S/C18H26FN/c1-13(14-5-3-2-4-6-14)20-18-11-16(12-18)15-7-9-17(19)10-8-15/h7-10,13-14,16,18,20H,2-6,11-12H2,1H3/t13-,16?,18?/m0/s1. The molecule has 0 spiro atoms. The van der Waals surface area contributed by atoms with E-state index in [4.69, 9.17) is 0 Å². The highest BCUT2D eigenvalue weighted by Crippen LogP contribution is 2.38. The topological polar surface area (TPSA) is 12.0 Å². The van der Waals surface area contributed by atoms with Crippen LogP contribution < -0.4 is 5.32 Å². The van der Waals surface area contributed by atoms with Gasteiger partial charge in [0, 0.05) is 12.1 Å². The predicted molar refractivity (Wildman–Crippen MR) is 81.3 cm³/mol. The Balaban J connectivity index is 1.44. The van der Waals surface area contributed by atoms with Crippen molar-refractivity contribution in [1.82, 2.24) is 5.32 Å². The maximum Gasteiger partial charge on any atom is 0.123 e. The normalized spacial score (nSPS) is 28.9. The molecule has 0 heterocycles. The van der Waals surface area contributed by atoms with Crippen LogP contribution in [-0.4, -0.2) is 12.1 Å². The van der Waals surface area contributed by atoms with E-state index in [9.17, 15) is 4.39 Å². The first-order chi connectivity index (χ1) is 9.72. The molecule has 1 aromatic rings. The van der Waals surface area contributed by atoms with Gasteiger partial charge in [-0.2, -0.15) is 0 Å². The molecule has 0 aliphatic heterocycles. The van der Waals surface area contributed by atoms with Gasteiger partial charge in [0.15, 0.2) is 0 Å². The van der Waals surface area contributed by atoms with Crippen LogP contribution >= 0.6 is 0 Å². The quantitative estimate of drug-likeness (QED) is 0.844. The van der Waals surface area contributed by atoms with E-state index in [2.05, 4.69) is 12.2 Å². The third-order valence-electron chi connectivity index (χ3n) is 5.34. The molecule has 2 aliphatic rings. The van der Waals surface area contributed by atoms with Gasteiger partial charge >= 0.3 is 0 Å². The lowest BCUT2D eigenvalue weighted by molar-refractivity contribution is 0.211. The summed E-state index contributed by atoms with van der Waals surface area (Å²) in [6.07, 6.45) is 9.49. The summed E-state index contributed by atoms with van der Waals surface area (Å²) in [4.78, 5) is 0. The minimum Gasteiger partial charge on any atom is -0.311 e. The van der Waals surface area contributed by atoms with Crippen LogP contribution in [0.15, 0.2) is 24.3 Å². The fraction of sp³-hybridized carbons (Fsp3) is 0.667. The lowest BCUT2D eigenvalue weighted by Crippen LogP contribution is -2.47. The van der Waals surface area contributed by atoms with E-state index in [1.165, 1.54) is 50.5 Å². The number of benzene rings is 1. The summed E-state index contributed by atoms with van der Waals surface area (Å²) in [5.74, 6) is 1.38. The fourth-order valence-corrected chi connectivity index (χ4v) is 3.90. The molecule has 1 N–H and O–H groups in total. The van der Waals surface area contributed by atoms with Gasteiger partial charge in [0.05, 0.1) is 0 Å². The minimum atomic E-state index is -0.131. The van der Waals surface area contributed by atoms with E-state index in [1.54, 1.807) is 12.1 Å². The van der Waals surface area contributed by atoms with Gasteiger partial charge in [0.2, 0.25) is 0 Å². The first-order valence-electron chi connectivity index (χ1n) is 8.24. The number of halogens is 1. The van der Waals surface area contributed by atoms with E-state index in [-0.39, 0.29) is 5.82 Å². The van der Waals surface area contributed by atoms with Gasteiger partial charge in [-0.15, -0.1) is 0 Å². The van der Waals surface area contributed by atoms with Crippen LogP contribution in [0, 0.1) is 11.7 Å². The van der Waals surface area contributed by atoms with Gasteiger partial charge in [-0.1, -0.05) is 31.4 Å². The first kappa shape index (κ1) is 14.1. The van der Waals surface area contributed by atoms with Crippen LogP contribution in [-0.2, 0) is 0 Å². The molecule has 1 aromatic carbocycles. The zero-order chi connectivity index (χ0) is 13.9. The van der Waals surface area contributed by atoms with Crippen LogP contribution in [0.1, 0.15) is 63.4 Å². The third kappa shape index (κ3) is 3.22. The average molecular weight is 275 g/mol. The summed E-state index contributed by atoms with van der Waals surface area (Å²) in [7, 11) is 0. The summed E-state index contributed by atoms with van der Waals surface area (Å²) in [6.45, 7) is 2.36. The Labute approximate surface area is 122 Å². The SMILES string of the molecule is C[C@H](NC1CC(c2ccc(F)cc2)C1)C1CCCCC1. The maximum atomic E-state index is 12.9. The van der Waals surface area contributed by atoms with Crippen molar-refractivity contribution in [3.8, 4) is 0 Å². The predicted octanol–water partition coefficient (Wildman–Crippen LogP) is 4.63. The lowest BCUT2D eigenvalue weighted by atomic mass is 9.75. The smallest absolute Gasteiger partial charge is 0.123 e. The summed E-state index contributed by atoms with van der Waals surface area (Å²) in [5, 5.41) is 3.82. The van der Waals surface area contributed by atoms with Gasteiger partial charge in [-0.05, 0) is 62.1 Å². The van der Waals surface area contributed by atoms with E-state index < -0.39 is 0 Å². The molecule has 0 radical (unpaired) electrons. The number of hydrogen-bond donors (Lipinski definition) is 1. The van der Waals surface area contributed by atoms with Gasteiger partial charge in [0.1, 0.15) is 5.82 Å². The van der Waals surface area contributed by atoms with Crippen molar-refractivity contribution in [3.05, 3.63) is 35.6 Å². The molecule has 2 fully saturated rings. The molecule has 3 rings (SSSR count). The monoisotopic (exact) mass is 275 g/mol. The zero-order valence-corrected chi connectivity index (χ0v) is 12.4. The molecule has 0 saturated heterocycles. The summed E-state index contributed by atoms with van der Waals surface area (Å²) in [6, 6.07) is 8.39. The van der Waals surface area contributed by atoms with Crippen molar-refractivity contribution in [2.24, 2.45) is 5.92 Å². The lowest BCUT2D eigenvalue weighted by Gasteiger charge is -2.40. The molecule has 1 nitrogen and oxygen atoms in total. The Morgan fingerprint density at radius 3 is 2.35 bits per heavy atom. The van der Waals surface area contributed by atoms with E-state index in [1.807, 2.05) is 12.1 Å². The van der Waals surface area contributed by atoms with E-state index >= 15 is 0 Å². The molecule has 2 aliphatic carbocycles. The Bertz CT molecular complexity index is 416. The highest BCUT2D eigenvalue weighted by molar-refractivity contribution is 5.23. The van der Waals surface area contributed by atoms with Crippen molar-refractivity contribution in [3.63, 3.8) is 0 Å². The molecule has 2 saturated carbocycles. The molecule has 2 heteroatoms. The maximum absolute atomic E-state index is 12.9. The highest BCUT2D eigenvalue weighted by Gasteiger charge is 2.32. The van der Waals surface area contributed by atoms with Gasteiger partial charge in [-0.25, -0.2) is 4.39 Å². The second-order valence-electron chi connectivity index (χ2n) is 6.77. The molecule has 0 unspecified atom stereocenters. The summed E-state index contributed by atoms with van der Waals surface area (Å²) < 4.78 is 12.9. The van der Waals surface area contributed by atoms with Crippen molar-refractivity contribution < 1.29 is 4.39 Å². The first-order valence-corrected chi connectivity index (χ1v) is 8.24. The minimum absolute atomic E-state index is 0.131. The number of hydrogen-bond acceptors (Lipinski definition) is 1. The zero-order valence-electron chi connectivity index (χ0n) is 12.4. The molecular formula is C18H26FN. The Morgan fingerprint density at radius 2 is 1.70 bits per heavy atom. The van der Waals surface area contributed by atoms with Crippen LogP contribution in [0.5, 0.6) is 0 Å².